The largest absolute Gasteiger partial charge is 0.497 e. The Morgan fingerprint density at radius 1 is 1.27 bits per heavy atom. The van der Waals surface area contributed by atoms with Crippen LogP contribution in [-0.2, 0) is 16.1 Å². The summed E-state index contributed by atoms with van der Waals surface area (Å²) >= 11 is 0. The molecule has 2 atom stereocenters. The average molecular weight is 305 g/mol. The topological polar surface area (TPSA) is 84.9 Å². The highest BCUT2D eigenvalue weighted by Crippen LogP contribution is 2.49. The first-order valence-corrected chi connectivity index (χ1v) is 7.15. The lowest BCUT2D eigenvalue weighted by Crippen LogP contribution is -2.45. The zero-order chi connectivity index (χ0) is 15.9. The lowest BCUT2D eigenvalue weighted by atomic mass is 10.0. The minimum absolute atomic E-state index is 0.100. The third-order valence-corrected chi connectivity index (χ3v) is 4.50. The van der Waals surface area contributed by atoms with Crippen molar-refractivity contribution in [2.45, 2.75) is 31.5 Å². The summed E-state index contributed by atoms with van der Waals surface area (Å²) in [5.74, 6) is 5.91. The molecule has 2 N–H and O–H groups in total. The molecule has 7 heteroatoms. The summed E-state index contributed by atoms with van der Waals surface area (Å²) in [6, 6.07) is 7.06. The average Bonchev–Trinajstić information content (AvgIpc) is 3.08. The number of fused-ring (bicyclic) bond motifs is 1. The van der Waals surface area contributed by atoms with Crippen LogP contribution in [0.4, 0.5) is 4.79 Å². The van der Waals surface area contributed by atoms with E-state index in [1.807, 2.05) is 31.2 Å². The maximum atomic E-state index is 12.1. The van der Waals surface area contributed by atoms with Crippen molar-refractivity contribution in [2.24, 2.45) is 5.84 Å². The van der Waals surface area contributed by atoms with E-state index in [4.69, 9.17) is 15.3 Å². The number of nitrogens with zero attached hydrogens (tertiary/aromatic N) is 2. The van der Waals surface area contributed by atoms with Crippen LogP contribution < -0.4 is 10.6 Å². The number of rotatable bonds is 6. The van der Waals surface area contributed by atoms with Crippen molar-refractivity contribution in [2.75, 3.05) is 13.7 Å². The van der Waals surface area contributed by atoms with Gasteiger partial charge in [0, 0.05) is 13.0 Å². The van der Waals surface area contributed by atoms with Crippen LogP contribution in [0.5, 0.6) is 5.75 Å². The van der Waals surface area contributed by atoms with Crippen LogP contribution in [0.3, 0.4) is 0 Å². The van der Waals surface area contributed by atoms with Gasteiger partial charge < -0.3 is 14.4 Å². The van der Waals surface area contributed by atoms with Crippen LogP contribution in [0, 0.1) is 0 Å². The maximum absolute atomic E-state index is 12.1. The van der Waals surface area contributed by atoms with Crippen molar-refractivity contribution < 1.29 is 19.1 Å². The molecule has 1 aromatic carbocycles. The van der Waals surface area contributed by atoms with Crippen molar-refractivity contribution in [3.05, 3.63) is 29.8 Å². The molecule has 2 unspecified atom stereocenters. The summed E-state index contributed by atoms with van der Waals surface area (Å²) in [6.07, 6.45) is 0.461. The standard InChI is InChI=1S/C15H19N3O4/c1-10-15(13(19)18(16)14(20)17(10)15)7-8-22-9-11-3-5-12(21-2)6-4-11/h3-6,10H,7-9,16H2,1-2H3. The Morgan fingerprint density at radius 3 is 2.55 bits per heavy atom. The van der Waals surface area contributed by atoms with E-state index in [0.717, 1.165) is 11.3 Å². The molecule has 118 valence electrons. The SMILES string of the molecule is COc1ccc(COCCC23C(=O)N(N)C(=O)N2C3C)cc1. The molecule has 2 fully saturated rings. The molecule has 2 heterocycles. The number of carbonyl (C=O) groups is 2. The number of nitrogens with two attached hydrogens (primary N) is 1. The first-order chi connectivity index (χ1) is 10.5. The number of carbonyl (C=O) groups excluding carboxylic acids is 2. The zero-order valence-corrected chi connectivity index (χ0v) is 12.6. The van der Waals surface area contributed by atoms with Gasteiger partial charge in [0.15, 0.2) is 0 Å². The minimum atomic E-state index is -0.786. The van der Waals surface area contributed by atoms with Gasteiger partial charge in [0.05, 0.1) is 19.8 Å². The molecule has 1 aromatic rings. The van der Waals surface area contributed by atoms with Gasteiger partial charge in [0.25, 0.3) is 5.91 Å². The Labute approximate surface area is 128 Å². The van der Waals surface area contributed by atoms with Gasteiger partial charge in [0.2, 0.25) is 0 Å². The summed E-state index contributed by atoms with van der Waals surface area (Å²) in [7, 11) is 1.62. The predicted molar refractivity (Wildman–Crippen MR) is 77.7 cm³/mol. The number of hydrogen-bond acceptors (Lipinski definition) is 5. The Balaban J connectivity index is 1.51. The lowest BCUT2D eigenvalue weighted by molar-refractivity contribution is -0.130. The number of hydrogen-bond donors (Lipinski definition) is 1. The number of urea groups is 1. The molecule has 22 heavy (non-hydrogen) atoms. The van der Waals surface area contributed by atoms with Crippen molar-refractivity contribution in [1.29, 1.82) is 0 Å². The molecule has 0 radical (unpaired) electrons. The Hall–Kier alpha value is -2.12. The molecule has 3 rings (SSSR count). The summed E-state index contributed by atoms with van der Waals surface area (Å²) in [4.78, 5) is 25.4. The van der Waals surface area contributed by atoms with Gasteiger partial charge in [-0.3, -0.25) is 4.79 Å². The van der Waals surface area contributed by atoms with E-state index in [1.165, 1.54) is 4.90 Å². The monoisotopic (exact) mass is 305 g/mol. The number of benzene rings is 1. The second-order valence-corrected chi connectivity index (χ2v) is 5.58. The van der Waals surface area contributed by atoms with Gasteiger partial charge >= 0.3 is 6.03 Å². The van der Waals surface area contributed by atoms with Crippen LogP contribution in [0.1, 0.15) is 18.9 Å². The van der Waals surface area contributed by atoms with E-state index in [9.17, 15) is 9.59 Å². The third kappa shape index (κ3) is 2.05. The highest BCUT2D eigenvalue weighted by Gasteiger charge is 2.74. The number of hydrazine groups is 1. The summed E-state index contributed by atoms with van der Waals surface area (Å²) in [6.45, 7) is 2.69. The smallest absolute Gasteiger partial charge is 0.342 e. The molecule has 0 aromatic heterocycles. The fourth-order valence-corrected chi connectivity index (χ4v) is 3.09. The molecule has 0 aliphatic carbocycles. The summed E-state index contributed by atoms with van der Waals surface area (Å²) < 4.78 is 10.7. The highest BCUT2D eigenvalue weighted by atomic mass is 16.5. The first-order valence-electron chi connectivity index (χ1n) is 7.15. The van der Waals surface area contributed by atoms with E-state index in [-0.39, 0.29) is 11.9 Å². The molecule has 0 spiro atoms. The third-order valence-electron chi connectivity index (χ3n) is 4.50. The molecule has 3 amide bonds. The minimum Gasteiger partial charge on any atom is -0.497 e. The molecule has 0 bridgehead atoms. The molecular weight excluding hydrogens is 286 g/mol. The molecule has 2 aliphatic heterocycles. The maximum Gasteiger partial charge on any atom is 0.342 e. The molecule has 2 aliphatic rings. The van der Waals surface area contributed by atoms with E-state index in [1.54, 1.807) is 7.11 Å². The van der Waals surface area contributed by atoms with Gasteiger partial charge in [-0.2, -0.15) is 5.01 Å². The lowest BCUT2D eigenvalue weighted by Gasteiger charge is -2.13. The fraction of sp³-hybridized carbons (Fsp3) is 0.467. The van der Waals surface area contributed by atoms with Crippen molar-refractivity contribution in [3.63, 3.8) is 0 Å². The number of methoxy groups -OCH3 is 1. The zero-order valence-electron chi connectivity index (χ0n) is 12.6. The normalized spacial score (nSPS) is 26.4. The summed E-state index contributed by atoms with van der Waals surface area (Å²) in [5, 5.41) is 0.698. The Kier molecular flexibility index (Phi) is 3.54. The fourth-order valence-electron chi connectivity index (χ4n) is 3.09. The second-order valence-electron chi connectivity index (χ2n) is 5.58. The number of ether oxygens (including phenoxy) is 2. The van der Waals surface area contributed by atoms with Gasteiger partial charge in [-0.1, -0.05) is 12.1 Å². The van der Waals surface area contributed by atoms with Crippen molar-refractivity contribution >= 4 is 11.9 Å². The number of amides is 3. The van der Waals surface area contributed by atoms with Gasteiger partial charge in [0.1, 0.15) is 11.3 Å². The summed E-state index contributed by atoms with van der Waals surface area (Å²) in [5.41, 5.74) is 0.236. The Morgan fingerprint density at radius 2 is 1.95 bits per heavy atom. The molecule has 7 nitrogen and oxygen atoms in total. The van der Waals surface area contributed by atoms with Crippen LogP contribution in [0.2, 0.25) is 0 Å². The van der Waals surface area contributed by atoms with Crippen LogP contribution >= 0.6 is 0 Å². The van der Waals surface area contributed by atoms with E-state index in [0.29, 0.717) is 24.6 Å². The predicted octanol–water partition coefficient (Wildman–Crippen LogP) is 0.881. The van der Waals surface area contributed by atoms with E-state index < -0.39 is 11.6 Å². The van der Waals surface area contributed by atoms with Gasteiger partial charge in [-0.15, -0.1) is 0 Å². The van der Waals surface area contributed by atoms with Crippen LogP contribution in [0.25, 0.3) is 0 Å². The molecule has 0 saturated carbocycles. The molecule has 2 saturated heterocycles. The Bertz CT molecular complexity index is 603. The second kappa shape index (κ2) is 5.26. The number of imide groups is 1. The highest BCUT2D eigenvalue weighted by molar-refractivity contribution is 6.11. The van der Waals surface area contributed by atoms with E-state index in [2.05, 4.69) is 0 Å². The molecular formula is C15H19N3O4. The first kappa shape index (κ1) is 14.8. The van der Waals surface area contributed by atoms with Crippen molar-refractivity contribution in [1.82, 2.24) is 9.91 Å². The quantitative estimate of drug-likeness (QED) is 0.277. The van der Waals surface area contributed by atoms with Gasteiger partial charge in [-0.25, -0.2) is 10.6 Å². The van der Waals surface area contributed by atoms with Crippen LogP contribution in [-0.4, -0.2) is 47.1 Å². The van der Waals surface area contributed by atoms with E-state index >= 15 is 0 Å². The van der Waals surface area contributed by atoms with Gasteiger partial charge in [-0.05, 0) is 24.6 Å². The van der Waals surface area contributed by atoms with Crippen molar-refractivity contribution in [3.8, 4) is 5.75 Å². The van der Waals surface area contributed by atoms with Crippen LogP contribution in [0.15, 0.2) is 24.3 Å².